The van der Waals surface area contributed by atoms with Gasteiger partial charge in [-0.3, -0.25) is 0 Å². The number of oxime groups is 1. The minimum absolute atomic E-state index is 0.115. The zero-order valence-electron chi connectivity index (χ0n) is 10.4. The van der Waals surface area contributed by atoms with Gasteiger partial charge >= 0.3 is 0 Å². The van der Waals surface area contributed by atoms with Crippen molar-refractivity contribution in [1.82, 2.24) is 0 Å². The number of nitrogens with zero attached hydrogens (tertiary/aromatic N) is 2. The van der Waals surface area contributed by atoms with Gasteiger partial charge in [-0.2, -0.15) is 0 Å². The van der Waals surface area contributed by atoms with Gasteiger partial charge in [0, 0.05) is 32.0 Å². The van der Waals surface area contributed by atoms with Crippen molar-refractivity contribution in [3.05, 3.63) is 29.8 Å². The number of amidine groups is 1. The van der Waals surface area contributed by atoms with E-state index in [1.54, 1.807) is 7.11 Å². The Morgan fingerprint density at radius 1 is 1.47 bits per heavy atom. The predicted octanol–water partition coefficient (Wildman–Crippen LogP) is 1.25. The number of methoxy groups -OCH3 is 1. The molecule has 0 fully saturated rings. The molecular weight excluding hydrogens is 218 g/mol. The van der Waals surface area contributed by atoms with Gasteiger partial charge in [-0.05, 0) is 31.2 Å². The highest BCUT2D eigenvalue weighted by Gasteiger charge is 2.06. The van der Waals surface area contributed by atoms with Crippen molar-refractivity contribution in [3.63, 3.8) is 0 Å². The molecule has 0 spiro atoms. The number of likely N-dealkylation sites (N-methyl/N-ethyl adjacent to an activating group) is 1. The number of rotatable bonds is 5. The van der Waals surface area contributed by atoms with Crippen LogP contribution in [-0.4, -0.2) is 37.8 Å². The summed E-state index contributed by atoms with van der Waals surface area (Å²) >= 11 is 0. The molecule has 0 heterocycles. The van der Waals surface area contributed by atoms with Crippen molar-refractivity contribution >= 4 is 11.5 Å². The lowest BCUT2D eigenvalue weighted by Gasteiger charge is -2.22. The molecule has 0 amide bonds. The standard InChI is InChI=1S/C12H19N3O2/c1-9(17-3)8-15(2)11-6-4-10(5-7-11)12(13)14-16/h4-7,9,16H,8H2,1-3H3,(H2,13,14). The normalized spacial score (nSPS) is 13.5. The molecule has 0 aliphatic carbocycles. The van der Waals surface area contributed by atoms with E-state index in [-0.39, 0.29) is 11.9 Å². The van der Waals surface area contributed by atoms with E-state index in [9.17, 15) is 0 Å². The fourth-order valence-electron chi connectivity index (χ4n) is 1.51. The summed E-state index contributed by atoms with van der Waals surface area (Å²) in [6, 6.07) is 7.49. The first-order valence-corrected chi connectivity index (χ1v) is 5.40. The molecule has 1 rings (SSSR count). The van der Waals surface area contributed by atoms with Crippen LogP contribution < -0.4 is 10.6 Å². The second-order valence-corrected chi connectivity index (χ2v) is 3.96. The minimum atomic E-state index is 0.115. The smallest absolute Gasteiger partial charge is 0.170 e. The van der Waals surface area contributed by atoms with Crippen LogP contribution in [0.15, 0.2) is 29.4 Å². The molecule has 1 unspecified atom stereocenters. The zero-order valence-corrected chi connectivity index (χ0v) is 10.4. The average molecular weight is 237 g/mol. The Bertz CT molecular complexity index is 376. The third kappa shape index (κ3) is 3.64. The molecule has 1 aromatic carbocycles. The maximum Gasteiger partial charge on any atom is 0.170 e. The lowest BCUT2D eigenvalue weighted by molar-refractivity contribution is 0.124. The maximum atomic E-state index is 8.55. The van der Waals surface area contributed by atoms with Crippen LogP contribution in [0.2, 0.25) is 0 Å². The van der Waals surface area contributed by atoms with E-state index in [0.29, 0.717) is 5.56 Å². The van der Waals surface area contributed by atoms with Crippen LogP contribution in [-0.2, 0) is 4.74 Å². The molecule has 1 aromatic rings. The van der Waals surface area contributed by atoms with E-state index in [0.717, 1.165) is 12.2 Å². The third-order valence-corrected chi connectivity index (χ3v) is 2.64. The van der Waals surface area contributed by atoms with E-state index in [1.807, 2.05) is 38.2 Å². The highest BCUT2D eigenvalue weighted by molar-refractivity contribution is 5.97. The second kappa shape index (κ2) is 6.10. The SMILES string of the molecule is COC(C)CN(C)c1ccc(/C(N)=N/O)cc1. The van der Waals surface area contributed by atoms with Crippen LogP contribution in [0.5, 0.6) is 0 Å². The van der Waals surface area contributed by atoms with Crippen LogP contribution >= 0.6 is 0 Å². The van der Waals surface area contributed by atoms with Gasteiger partial charge in [0.05, 0.1) is 6.10 Å². The summed E-state index contributed by atoms with van der Waals surface area (Å²) in [5.74, 6) is 0.115. The van der Waals surface area contributed by atoms with Gasteiger partial charge in [-0.15, -0.1) is 0 Å². The highest BCUT2D eigenvalue weighted by Crippen LogP contribution is 2.14. The Balaban J connectivity index is 2.73. The number of ether oxygens (including phenoxy) is 1. The first kappa shape index (κ1) is 13.3. The van der Waals surface area contributed by atoms with Crippen LogP contribution in [0.25, 0.3) is 0 Å². The van der Waals surface area contributed by atoms with Crippen molar-refractivity contribution in [2.24, 2.45) is 10.9 Å². The maximum absolute atomic E-state index is 8.55. The summed E-state index contributed by atoms with van der Waals surface area (Å²) in [7, 11) is 3.69. The Morgan fingerprint density at radius 3 is 2.53 bits per heavy atom. The van der Waals surface area contributed by atoms with E-state index >= 15 is 0 Å². The Labute approximate surface area is 101 Å². The average Bonchev–Trinajstić information content (AvgIpc) is 2.37. The van der Waals surface area contributed by atoms with Crippen molar-refractivity contribution in [3.8, 4) is 0 Å². The lowest BCUT2D eigenvalue weighted by Crippen LogP contribution is -2.28. The number of anilines is 1. The van der Waals surface area contributed by atoms with Gasteiger partial charge in [0.25, 0.3) is 0 Å². The Morgan fingerprint density at radius 2 is 2.06 bits per heavy atom. The quantitative estimate of drug-likeness (QED) is 0.350. The molecule has 0 aliphatic heterocycles. The molecule has 94 valence electrons. The summed E-state index contributed by atoms with van der Waals surface area (Å²) < 4.78 is 5.21. The fourth-order valence-corrected chi connectivity index (χ4v) is 1.51. The van der Waals surface area contributed by atoms with E-state index in [4.69, 9.17) is 15.7 Å². The summed E-state index contributed by atoms with van der Waals surface area (Å²) in [5.41, 5.74) is 7.25. The molecule has 0 saturated heterocycles. The summed E-state index contributed by atoms with van der Waals surface area (Å²) in [6.45, 7) is 2.82. The van der Waals surface area contributed by atoms with E-state index in [2.05, 4.69) is 10.1 Å². The summed E-state index contributed by atoms with van der Waals surface area (Å²) in [6.07, 6.45) is 0.170. The molecule has 5 heteroatoms. The largest absolute Gasteiger partial charge is 0.409 e. The molecule has 0 saturated carbocycles. The molecule has 1 atom stereocenters. The monoisotopic (exact) mass is 237 g/mol. The topological polar surface area (TPSA) is 71.1 Å². The molecule has 0 aliphatic rings. The first-order valence-electron chi connectivity index (χ1n) is 5.40. The number of benzene rings is 1. The fraction of sp³-hybridized carbons (Fsp3) is 0.417. The molecular formula is C12H19N3O2. The highest BCUT2D eigenvalue weighted by atomic mass is 16.5. The lowest BCUT2D eigenvalue weighted by atomic mass is 10.2. The molecule has 0 aromatic heterocycles. The minimum Gasteiger partial charge on any atom is -0.409 e. The molecule has 3 N–H and O–H groups in total. The summed E-state index contributed by atoms with van der Waals surface area (Å²) in [5, 5.41) is 11.5. The van der Waals surface area contributed by atoms with Gasteiger partial charge < -0.3 is 20.6 Å². The zero-order chi connectivity index (χ0) is 12.8. The second-order valence-electron chi connectivity index (χ2n) is 3.96. The van der Waals surface area contributed by atoms with Crippen LogP contribution in [0.3, 0.4) is 0 Å². The molecule has 5 nitrogen and oxygen atoms in total. The molecule has 0 bridgehead atoms. The molecule has 17 heavy (non-hydrogen) atoms. The van der Waals surface area contributed by atoms with Crippen LogP contribution in [0, 0.1) is 0 Å². The predicted molar refractivity (Wildman–Crippen MR) is 68.7 cm³/mol. The van der Waals surface area contributed by atoms with Crippen molar-refractivity contribution in [1.29, 1.82) is 0 Å². The number of nitrogens with two attached hydrogens (primary N) is 1. The van der Waals surface area contributed by atoms with Crippen molar-refractivity contribution < 1.29 is 9.94 Å². The van der Waals surface area contributed by atoms with E-state index < -0.39 is 0 Å². The summed E-state index contributed by atoms with van der Waals surface area (Å²) in [4.78, 5) is 2.09. The first-order chi connectivity index (χ1) is 8.08. The Hall–Kier alpha value is -1.75. The number of hydrogen-bond donors (Lipinski definition) is 2. The number of hydrogen-bond acceptors (Lipinski definition) is 4. The van der Waals surface area contributed by atoms with Crippen LogP contribution in [0.1, 0.15) is 12.5 Å². The van der Waals surface area contributed by atoms with Crippen molar-refractivity contribution in [2.45, 2.75) is 13.0 Å². The van der Waals surface area contributed by atoms with Gasteiger partial charge in [0.15, 0.2) is 5.84 Å². The van der Waals surface area contributed by atoms with Gasteiger partial charge in [-0.1, -0.05) is 5.16 Å². The Kier molecular flexibility index (Phi) is 4.78. The van der Waals surface area contributed by atoms with Gasteiger partial charge in [0.2, 0.25) is 0 Å². The third-order valence-electron chi connectivity index (χ3n) is 2.64. The van der Waals surface area contributed by atoms with Crippen LogP contribution in [0.4, 0.5) is 5.69 Å². The van der Waals surface area contributed by atoms with E-state index in [1.165, 1.54) is 0 Å². The van der Waals surface area contributed by atoms with Crippen molar-refractivity contribution in [2.75, 3.05) is 25.6 Å². The molecule has 0 radical (unpaired) electrons. The van der Waals surface area contributed by atoms with Gasteiger partial charge in [-0.25, -0.2) is 0 Å². The van der Waals surface area contributed by atoms with Gasteiger partial charge in [0.1, 0.15) is 0 Å².